The summed E-state index contributed by atoms with van der Waals surface area (Å²) in [5.74, 6) is 0.364. The summed E-state index contributed by atoms with van der Waals surface area (Å²) >= 11 is 0. The molecule has 0 bridgehead atoms. The minimum Gasteiger partial charge on any atom is -0.444 e. The number of unbranched alkanes of at least 4 members (excludes halogenated alkanes) is 2. The molecule has 6 heteroatoms. The van der Waals surface area contributed by atoms with Crippen LogP contribution in [-0.2, 0) is 15.6 Å². The van der Waals surface area contributed by atoms with Crippen LogP contribution in [0.25, 0.3) is 11.5 Å². The van der Waals surface area contributed by atoms with E-state index in [9.17, 15) is 8.42 Å². The van der Waals surface area contributed by atoms with Gasteiger partial charge in [-0.2, -0.15) is 5.26 Å². The van der Waals surface area contributed by atoms with E-state index < -0.39 is 9.84 Å². The van der Waals surface area contributed by atoms with Crippen LogP contribution in [0, 0.1) is 11.3 Å². The van der Waals surface area contributed by atoms with Gasteiger partial charge in [-0.15, -0.1) is 0 Å². The van der Waals surface area contributed by atoms with E-state index in [1.807, 2.05) is 36.4 Å². The third-order valence-electron chi connectivity index (χ3n) is 2.93. The maximum absolute atomic E-state index is 11.9. The highest BCUT2D eigenvalue weighted by Gasteiger charge is 2.15. The molecule has 2 rings (SSSR count). The molecule has 0 fully saturated rings. The molecule has 0 aliphatic carbocycles. The van der Waals surface area contributed by atoms with E-state index in [4.69, 9.17) is 9.68 Å². The second-order valence-corrected chi connectivity index (χ2v) is 6.90. The first-order valence-corrected chi connectivity index (χ1v) is 8.50. The number of nitrogens with zero attached hydrogens (tertiary/aromatic N) is 2. The molecule has 0 radical (unpaired) electrons. The third kappa shape index (κ3) is 4.72. The molecular weight excluding hydrogens is 288 g/mol. The molecule has 110 valence electrons. The minimum atomic E-state index is -3.22. The lowest BCUT2D eigenvalue weighted by molar-refractivity contribution is 0.571. The van der Waals surface area contributed by atoms with Crippen LogP contribution in [0.2, 0.25) is 0 Å². The summed E-state index contributed by atoms with van der Waals surface area (Å²) in [5.41, 5.74) is 1.23. The van der Waals surface area contributed by atoms with Crippen molar-refractivity contribution in [3.63, 3.8) is 0 Å². The van der Waals surface area contributed by atoms with Gasteiger partial charge >= 0.3 is 0 Å². The van der Waals surface area contributed by atoms with E-state index in [0.717, 1.165) is 5.56 Å². The Labute approximate surface area is 124 Å². The Kier molecular flexibility index (Phi) is 5.12. The Hall–Kier alpha value is -2.13. The Morgan fingerprint density at radius 1 is 1.19 bits per heavy atom. The number of oxazole rings is 1. The van der Waals surface area contributed by atoms with E-state index in [-0.39, 0.29) is 11.5 Å². The van der Waals surface area contributed by atoms with Gasteiger partial charge in [0.2, 0.25) is 5.89 Å². The van der Waals surface area contributed by atoms with Gasteiger partial charge in [0, 0.05) is 12.0 Å². The van der Waals surface area contributed by atoms with Gasteiger partial charge in [0.1, 0.15) is 6.26 Å². The topological polar surface area (TPSA) is 84.0 Å². The molecule has 2 aromatic rings. The van der Waals surface area contributed by atoms with Gasteiger partial charge in [-0.1, -0.05) is 18.2 Å². The molecule has 1 aromatic carbocycles. The highest BCUT2D eigenvalue weighted by atomic mass is 32.2. The fraction of sp³-hybridized carbons (Fsp3) is 0.333. The molecular formula is C15H16N2O3S. The summed E-state index contributed by atoms with van der Waals surface area (Å²) in [5, 5.41) is 8.42. The standard InChI is InChI=1S/C15H16N2O3S/c16-9-5-2-6-10-21(18,19)12-14-11-20-15(17-14)13-7-3-1-4-8-13/h1,3-4,7-8,11H,2,5-6,10,12H2. The van der Waals surface area contributed by atoms with Crippen molar-refractivity contribution in [3.05, 3.63) is 42.3 Å². The van der Waals surface area contributed by atoms with Crippen molar-refractivity contribution in [1.82, 2.24) is 4.98 Å². The Bertz CT molecular complexity index is 715. The second kappa shape index (κ2) is 7.04. The number of aromatic nitrogens is 1. The zero-order chi connectivity index (χ0) is 15.1. The molecule has 0 saturated heterocycles. The van der Waals surface area contributed by atoms with Crippen LogP contribution in [0.4, 0.5) is 0 Å². The highest BCUT2D eigenvalue weighted by Crippen LogP contribution is 2.19. The first kappa shape index (κ1) is 15.3. The van der Waals surface area contributed by atoms with Gasteiger partial charge in [0.05, 0.1) is 23.3 Å². The average Bonchev–Trinajstić information content (AvgIpc) is 2.92. The van der Waals surface area contributed by atoms with Crippen LogP contribution >= 0.6 is 0 Å². The molecule has 0 saturated carbocycles. The number of rotatable bonds is 7. The lowest BCUT2D eigenvalue weighted by Gasteiger charge is -2.00. The third-order valence-corrected chi connectivity index (χ3v) is 4.58. The number of hydrogen-bond donors (Lipinski definition) is 0. The quantitative estimate of drug-likeness (QED) is 0.734. The van der Waals surface area contributed by atoms with Crippen molar-refractivity contribution in [2.45, 2.75) is 25.0 Å². The summed E-state index contributed by atoms with van der Waals surface area (Å²) in [4.78, 5) is 4.21. The molecule has 0 aliphatic rings. The maximum atomic E-state index is 11.9. The van der Waals surface area contributed by atoms with Crippen LogP contribution in [0.15, 0.2) is 41.0 Å². The molecule has 0 amide bonds. The maximum Gasteiger partial charge on any atom is 0.226 e. The van der Waals surface area contributed by atoms with Crippen molar-refractivity contribution in [2.75, 3.05) is 5.75 Å². The molecule has 0 N–H and O–H groups in total. The first-order chi connectivity index (χ1) is 10.1. The first-order valence-electron chi connectivity index (χ1n) is 6.68. The van der Waals surface area contributed by atoms with Crippen molar-refractivity contribution in [1.29, 1.82) is 5.26 Å². The van der Waals surface area contributed by atoms with Crippen molar-refractivity contribution in [3.8, 4) is 17.5 Å². The number of sulfone groups is 1. The minimum absolute atomic E-state index is 0.0716. The zero-order valence-corrected chi connectivity index (χ0v) is 12.3. The predicted octanol–water partition coefficient (Wildman–Crippen LogP) is 2.95. The van der Waals surface area contributed by atoms with Gasteiger partial charge in [-0.05, 0) is 25.0 Å². The van der Waals surface area contributed by atoms with Gasteiger partial charge in [-0.3, -0.25) is 0 Å². The van der Waals surface area contributed by atoms with E-state index in [2.05, 4.69) is 4.98 Å². The number of hydrogen-bond acceptors (Lipinski definition) is 5. The molecule has 1 aromatic heterocycles. The van der Waals surface area contributed by atoms with Crippen molar-refractivity contribution < 1.29 is 12.8 Å². The normalized spacial score (nSPS) is 11.2. The number of benzene rings is 1. The average molecular weight is 304 g/mol. The summed E-state index contributed by atoms with van der Waals surface area (Å²) in [6.07, 6.45) is 2.87. The van der Waals surface area contributed by atoms with Gasteiger partial charge in [0.25, 0.3) is 0 Å². The zero-order valence-electron chi connectivity index (χ0n) is 11.5. The second-order valence-electron chi connectivity index (χ2n) is 4.72. The van der Waals surface area contributed by atoms with Gasteiger partial charge < -0.3 is 4.42 Å². The number of nitriles is 1. The molecule has 21 heavy (non-hydrogen) atoms. The fourth-order valence-corrected chi connectivity index (χ4v) is 3.28. The molecule has 0 aliphatic heterocycles. The Morgan fingerprint density at radius 3 is 2.67 bits per heavy atom. The van der Waals surface area contributed by atoms with Crippen LogP contribution in [0.5, 0.6) is 0 Å². The predicted molar refractivity (Wildman–Crippen MR) is 78.9 cm³/mol. The summed E-state index contributed by atoms with van der Waals surface area (Å²) < 4.78 is 29.2. The molecule has 1 heterocycles. The molecule has 0 unspecified atom stereocenters. The highest BCUT2D eigenvalue weighted by molar-refractivity contribution is 7.90. The van der Waals surface area contributed by atoms with Gasteiger partial charge in [-0.25, -0.2) is 13.4 Å². The summed E-state index contributed by atoms with van der Waals surface area (Å²) in [6.45, 7) is 0. The van der Waals surface area contributed by atoms with Crippen LogP contribution in [-0.4, -0.2) is 19.2 Å². The van der Waals surface area contributed by atoms with Crippen molar-refractivity contribution in [2.24, 2.45) is 0 Å². The smallest absolute Gasteiger partial charge is 0.226 e. The van der Waals surface area contributed by atoms with Crippen LogP contribution < -0.4 is 0 Å². The molecule has 0 atom stereocenters. The van der Waals surface area contributed by atoms with Gasteiger partial charge in [0.15, 0.2) is 9.84 Å². The fourth-order valence-electron chi connectivity index (χ4n) is 1.91. The van der Waals surface area contributed by atoms with Crippen LogP contribution in [0.1, 0.15) is 25.0 Å². The Balaban J connectivity index is 1.98. The molecule has 5 nitrogen and oxygen atoms in total. The largest absolute Gasteiger partial charge is 0.444 e. The van der Waals surface area contributed by atoms with E-state index >= 15 is 0 Å². The Morgan fingerprint density at radius 2 is 1.95 bits per heavy atom. The summed E-state index contributed by atoms with van der Waals surface area (Å²) in [7, 11) is -3.22. The monoisotopic (exact) mass is 304 g/mol. The van der Waals surface area contributed by atoms with Crippen molar-refractivity contribution >= 4 is 9.84 Å². The van der Waals surface area contributed by atoms with E-state index in [1.54, 1.807) is 0 Å². The van der Waals surface area contributed by atoms with E-state index in [0.29, 0.717) is 30.8 Å². The molecule has 0 spiro atoms. The van der Waals surface area contributed by atoms with Crippen LogP contribution in [0.3, 0.4) is 0 Å². The van der Waals surface area contributed by atoms with E-state index in [1.165, 1.54) is 6.26 Å². The summed E-state index contributed by atoms with van der Waals surface area (Å²) in [6, 6.07) is 11.3. The lowest BCUT2D eigenvalue weighted by atomic mass is 10.2. The SMILES string of the molecule is N#CCCCCS(=O)(=O)Cc1coc(-c2ccccc2)n1. The lowest BCUT2D eigenvalue weighted by Crippen LogP contribution is -2.09.